The maximum Gasteiger partial charge on any atom is -0.0289 e. The smallest absolute Gasteiger partial charge is 0.0289 e. The topological polar surface area (TPSA) is 0 Å². The van der Waals surface area contributed by atoms with Gasteiger partial charge < -0.3 is 0 Å². The summed E-state index contributed by atoms with van der Waals surface area (Å²) in [6.45, 7) is 10.5. The molecule has 0 heteroatoms. The van der Waals surface area contributed by atoms with Crippen LogP contribution in [-0.2, 0) is 0 Å². The highest BCUT2D eigenvalue weighted by atomic mass is 14.2. The van der Waals surface area contributed by atoms with Crippen LogP contribution in [0.4, 0.5) is 0 Å². The fourth-order valence-electron chi connectivity index (χ4n) is 2.25. The van der Waals surface area contributed by atoms with Crippen molar-refractivity contribution >= 4 is 0 Å². The normalized spacial score (nSPS) is 24.9. The molecule has 0 unspecified atom stereocenters. The molecule has 0 aromatic rings. The third-order valence-corrected chi connectivity index (χ3v) is 3.82. The van der Waals surface area contributed by atoms with E-state index in [1.165, 1.54) is 44.1 Å². The Hall–Kier alpha value is -0.520. The SMILES string of the molecule is C=C1CC(CC)C1.CC=C1CC(CC)C1. The first kappa shape index (κ1) is 12.5. The van der Waals surface area contributed by atoms with E-state index in [1.54, 1.807) is 5.57 Å². The molecule has 0 bridgehead atoms. The second-order valence-electron chi connectivity index (χ2n) is 5.06. The summed E-state index contributed by atoms with van der Waals surface area (Å²) >= 11 is 0. The average molecular weight is 206 g/mol. The molecule has 0 spiro atoms. The lowest BCUT2D eigenvalue weighted by atomic mass is 9.78. The summed E-state index contributed by atoms with van der Waals surface area (Å²) in [6, 6.07) is 0. The van der Waals surface area contributed by atoms with Crippen LogP contribution in [0.3, 0.4) is 0 Å². The minimum absolute atomic E-state index is 0.993. The van der Waals surface area contributed by atoms with E-state index < -0.39 is 0 Å². The molecule has 2 saturated carbocycles. The van der Waals surface area contributed by atoms with E-state index in [4.69, 9.17) is 0 Å². The van der Waals surface area contributed by atoms with Crippen molar-refractivity contribution in [3.8, 4) is 0 Å². The zero-order valence-corrected chi connectivity index (χ0v) is 10.7. The molecule has 2 fully saturated rings. The lowest BCUT2D eigenvalue weighted by Gasteiger charge is -2.27. The van der Waals surface area contributed by atoms with Crippen molar-refractivity contribution in [2.45, 2.75) is 59.3 Å². The molecule has 0 N–H and O–H groups in total. The molecule has 0 saturated heterocycles. The van der Waals surface area contributed by atoms with Gasteiger partial charge in [0.2, 0.25) is 0 Å². The maximum atomic E-state index is 3.86. The van der Waals surface area contributed by atoms with Gasteiger partial charge in [0.25, 0.3) is 0 Å². The minimum atomic E-state index is 0.993. The molecule has 0 heterocycles. The van der Waals surface area contributed by atoms with Crippen LogP contribution in [-0.4, -0.2) is 0 Å². The largest absolute Gasteiger partial charge is 0.0998 e. The van der Waals surface area contributed by atoms with E-state index in [-0.39, 0.29) is 0 Å². The number of hydrogen-bond donors (Lipinski definition) is 0. The van der Waals surface area contributed by atoms with Crippen LogP contribution in [0.2, 0.25) is 0 Å². The lowest BCUT2D eigenvalue weighted by molar-refractivity contribution is 0.405. The van der Waals surface area contributed by atoms with Crippen molar-refractivity contribution in [1.82, 2.24) is 0 Å². The van der Waals surface area contributed by atoms with E-state index in [0.717, 1.165) is 11.8 Å². The highest BCUT2D eigenvalue weighted by Crippen LogP contribution is 2.34. The molecular weight excluding hydrogens is 180 g/mol. The van der Waals surface area contributed by atoms with Gasteiger partial charge in [-0.15, -0.1) is 0 Å². The van der Waals surface area contributed by atoms with Crippen LogP contribution in [0.1, 0.15) is 59.3 Å². The standard InChI is InChI=1S/C8H14.C7H12/c1-3-7-5-8(4-2)6-7;1-3-7-4-6(2)5-7/h3,8H,4-6H2,1-2H3;7H,2-5H2,1H3. The van der Waals surface area contributed by atoms with Crippen molar-refractivity contribution in [3.63, 3.8) is 0 Å². The first-order valence-electron chi connectivity index (χ1n) is 6.50. The summed E-state index contributed by atoms with van der Waals surface area (Å²) in [5.74, 6) is 2.02. The number of allylic oxidation sites excluding steroid dienone is 3. The van der Waals surface area contributed by atoms with Gasteiger partial charge in [0.05, 0.1) is 0 Å². The van der Waals surface area contributed by atoms with Crippen molar-refractivity contribution in [2.24, 2.45) is 11.8 Å². The number of hydrogen-bond acceptors (Lipinski definition) is 0. The van der Waals surface area contributed by atoms with Gasteiger partial charge in [-0.1, -0.05) is 50.5 Å². The Balaban J connectivity index is 0.000000151. The molecule has 0 atom stereocenters. The fourth-order valence-corrected chi connectivity index (χ4v) is 2.25. The van der Waals surface area contributed by atoms with E-state index in [9.17, 15) is 0 Å². The van der Waals surface area contributed by atoms with Gasteiger partial charge in [-0.25, -0.2) is 0 Å². The van der Waals surface area contributed by atoms with Crippen LogP contribution < -0.4 is 0 Å². The second-order valence-corrected chi connectivity index (χ2v) is 5.06. The Morgan fingerprint density at radius 1 is 1.07 bits per heavy atom. The maximum absolute atomic E-state index is 3.86. The first-order chi connectivity index (χ1) is 7.19. The number of rotatable bonds is 2. The Bertz CT molecular complexity index is 218. The van der Waals surface area contributed by atoms with Gasteiger partial charge in [0.1, 0.15) is 0 Å². The molecule has 0 aliphatic heterocycles. The zero-order valence-electron chi connectivity index (χ0n) is 10.7. The highest BCUT2D eigenvalue weighted by molar-refractivity contribution is 5.11. The van der Waals surface area contributed by atoms with E-state index in [0.29, 0.717) is 0 Å². The molecular formula is C15H26. The van der Waals surface area contributed by atoms with Crippen molar-refractivity contribution < 1.29 is 0 Å². The Kier molecular flexibility index (Phi) is 5.14. The quantitative estimate of drug-likeness (QED) is 0.550. The molecule has 2 aliphatic rings. The van der Waals surface area contributed by atoms with Gasteiger partial charge in [-0.3, -0.25) is 0 Å². The van der Waals surface area contributed by atoms with Crippen LogP contribution in [0, 0.1) is 11.8 Å². The predicted octanol–water partition coefficient (Wildman–Crippen LogP) is 5.12. The Morgan fingerprint density at radius 2 is 1.53 bits per heavy atom. The molecule has 0 aromatic carbocycles. The molecule has 15 heavy (non-hydrogen) atoms. The predicted molar refractivity (Wildman–Crippen MR) is 68.9 cm³/mol. The van der Waals surface area contributed by atoms with Crippen LogP contribution >= 0.6 is 0 Å². The van der Waals surface area contributed by atoms with Crippen LogP contribution in [0.25, 0.3) is 0 Å². The molecule has 0 amide bonds. The second kappa shape index (κ2) is 6.15. The summed E-state index contributed by atoms with van der Waals surface area (Å²) in [7, 11) is 0. The summed E-state index contributed by atoms with van der Waals surface area (Å²) in [4.78, 5) is 0. The van der Waals surface area contributed by atoms with Crippen molar-refractivity contribution in [1.29, 1.82) is 0 Å². The minimum Gasteiger partial charge on any atom is -0.0998 e. The van der Waals surface area contributed by atoms with E-state index in [2.05, 4.69) is 33.4 Å². The van der Waals surface area contributed by atoms with E-state index >= 15 is 0 Å². The summed E-state index contributed by atoms with van der Waals surface area (Å²) in [5.41, 5.74) is 3.11. The zero-order chi connectivity index (χ0) is 11.3. The summed E-state index contributed by atoms with van der Waals surface area (Å²) in [5, 5.41) is 0. The molecule has 0 aromatic heterocycles. The van der Waals surface area contributed by atoms with Crippen molar-refractivity contribution in [2.75, 3.05) is 0 Å². The lowest BCUT2D eigenvalue weighted by Crippen LogP contribution is -2.12. The van der Waals surface area contributed by atoms with Gasteiger partial charge in [-0.05, 0) is 44.4 Å². The molecule has 2 aliphatic carbocycles. The Labute approximate surface area is 95.5 Å². The molecule has 2 rings (SSSR count). The monoisotopic (exact) mass is 206 g/mol. The van der Waals surface area contributed by atoms with Gasteiger partial charge >= 0.3 is 0 Å². The van der Waals surface area contributed by atoms with Gasteiger partial charge in [0.15, 0.2) is 0 Å². The van der Waals surface area contributed by atoms with Gasteiger partial charge in [-0.2, -0.15) is 0 Å². The molecule has 86 valence electrons. The Morgan fingerprint density at radius 3 is 1.80 bits per heavy atom. The van der Waals surface area contributed by atoms with Crippen LogP contribution in [0.15, 0.2) is 23.8 Å². The van der Waals surface area contributed by atoms with Crippen molar-refractivity contribution in [3.05, 3.63) is 23.8 Å². The highest BCUT2D eigenvalue weighted by Gasteiger charge is 2.19. The third-order valence-electron chi connectivity index (χ3n) is 3.82. The molecule has 0 nitrogen and oxygen atoms in total. The fraction of sp³-hybridized carbons (Fsp3) is 0.733. The molecule has 0 radical (unpaired) electrons. The van der Waals surface area contributed by atoms with Gasteiger partial charge in [0, 0.05) is 0 Å². The summed E-state index contributed by atoms with van der Waals surface area (Å²) in [6.07, 6.45) is 10.3. The summed E-state index contributed by atoms with van der Waals surface area (Å²) < 4.78 is 0. The average Bonchev–Trinajstić information content (AvgIpc) is 2.13. The van der Waals surface area contributed by atoms with E-state index in [1.807, 2.05) is 0 Å². The van der Waals surface area contributed by atoms with Crippen LogP contribution in [0.5, 0.6) is 0 Å². The third kappa shape index (κ3) is 3.85. The first-order valence-corrected chi connectivity index (χ1v) is 6.50.